The van der Waals surface area contributed by atoms with Gasteiger partial charge in [0.2, 0.25) is 11.8 Å². The van der Waals surface area contributed by atoms with E-state index in [9.17, 15) is 4.79 Å². The van der Waals surface area contributed by atoms with E-state index in [0.717, 1.165) is 57.6 Å². The Kier molecular flexibility index (Phi) is 6.05. The third-order valence-corrected chi connectivity index (χ3v) is 6.22. The van der Waals surface area contributed by atoms with Gasteiger partial charge in [0.1, 0.15) is 0 Å². The van der Waals surface area contributed by atoms with Crippen LogP contribution >= 0.6 is 0 Å². The highest BCUT2D eigenvalue weighted by atomic mass is 16.5. The van der Waals surface area contributed by atoms with Crippen molar-refractivity contribution in [2.45, 2.75) is 57.4 Å². The number of carbonyl (C=O) groups excluding carboxylic acids is 1. The van der Waals surface area contributed by atoms with Crippen LogP contribution in [0.4, 0.5) is 0 Å². The maximum atomic E-state index is 12.5. The van der Waals surface area contributed by atoms with Gasteiger partial charge < -0.3 is 14.7 Å². The molecule has 2 aromatic rings. The number of aryl methyl sites for hydroxylation is 1. The molecule has 28 heavy (non-hydrogen) atoms. The number of likely N-dealkylation sites (tertiary alicyclic amines) is 1. The van der Waals surface area contributed by atoms with Gasteiger partial charge in [0, 0.05) is 25.3 Å². The van der Waals surface area contributed by atoms with E-state index in [1.807, 2.05) is 13.0 Å². The van der Waals surface area contributed by atoms with Gasteiger partial charge in [0.15, 0.2) is 5.82 Å². The molecular weight excluding hydrogens is 352 g/mol. The van der Waals surface area contributed by atoms with E-state index >= 15 is 0 Å². The van der Waals surface area contributed by atoms with Crippen LogP contribution in [-0.4, -0.2) is 40.6 Å². The molecule has 1 aliphatic heterocycles. The number of nitrogens with one attached hydrogen (secondary N) is 1. The number of hydrogen-bond acceptors (Lipinski definition) is 5. The summed E-state index contributed by atoms with van der Waals surface area (Å²) in [6, 6.07) is 10.5. The van der Waals surface area contributed by atoms with Crippen LogP contribution in [0.15, 0.2) is 34.9 Å². The molecule has 6 nitrogen and oxygen atoms in total. The van der Waals surface area contributed by atoms with E-state index < -0.39 is 0 Å². The Morgan fingerprint density at radius 2 is 1.96 bits per heavy atom. The van der Waals surface area contributed by atoms with Gasteiger partial charge in [-0.05, 0) is 50.8 Å². The van der Waals surface area contributed by atoms with E-state index in [-0.39, 0.29) is 17.9 Å². The average molecular weight is 383 g/mol. The summed E-state index contributed by atoms with van der Waals surface area (Å²) in [5, 5.41) is 7.40. The van der Waals surface area contributed by atoms with Crippen molar-refractivity contribution in [3.63, 3.8) is 0 Å². The highest BCUT2D eigenvalue weighted by Gasteiger charge is 2.28. The number of amides is 1. The topological polar surface area (TPSA) is 71.3 Å². The predicted octanol–water partition coefficient (Wildman–Crippen LogP) is 3.61. The minimum absolute atomic E-state index is 0.0897. The second-order valence-electron chi connectivity index (χ2n) is 8.18. The molecule has 4 rings (SSSR count). The van der Waals surface area contributed by atoms with Crippen LogP contribution in [0.1, 0.15) is 67.8 Å². The fraction of sp³-hybridized carbons (Fsp3) is 0.591. The third-order valence-electron chi connectivity index (χ3n) is 6.22. The molecule has 2 fully saturated rings. The van der Waals surface area contributed by atoms with Crippen LogP contribution < -0.4 is 5.32 Å². The van der Waals surface area contributed by atoms with Gasteiger partial charge in [-0.1, -0.05) is 41.9 Å². The molecule has 1 N–H and O–H groups in total. The molecule has 0 radical (unpaired) electrons. The molecule has 1 saturated heterocycles. The summed E-state index contributed by atoms with van der Waals surface area (Å²) in [5.41, 5.74) is 1.20. The first kappa shape index (κ1) is 19.1. The summed E-state index contributed by atoms with van der Waals surface area (Å²) in [4.78, 5) is 19.4. The minimum Gasteiger partial charge on any atom is -0.349 e. The van der Waals surface area contributed by atoms with Crippen LogP contribution in [0, 0.1) is 12.8 Å². The molecule has 1 amide bonds. The van der Waals surface area contributed by atoms with Gasteiger partial charge in [0.05, 0.1) is 6.04 Å². The van der Waals surface area contributed by atoms with Crippen molar-refractivity contribution in [1.29, 1.82) is 0 Å². The molecule has 6 heteroatoms. The van der Waals surface area contributed by atoms with Gasteiger partial charge in [-0.2, -0.15) is 4.98 Å². The Morgan fingerprint density at radius 1 is 1.21 bits per heavy atom. The maximum absolute atomic E-state index is 12.5. The molecule has 1 atom stereocenters. The lowest BCUT2D eigenvalue weighted by Gasteiger charge is -2.32. The highest BCUT2D eigenvalue weighted by molar-refractivity contribution is 5.79. The number of nitrogens with zero attached hydrogens (tertiary/aromatic N) is 3. The summed E-state index contributed by atoms with van der Waals surface area (Å²) >= 11 is 0. The normalized spacial score (nSPS) is 19.9. The Hall–Kier alpha value is -2.21. The first-order valence-electron chi connectivity index (χ1n) is 10.6. The number of rotatable bonds is 7. The van der Waals surface area contributed by atoms with Crippen molar-refractivity contribution < 1.29 is 9.32 Å². The Labute approximate surface area is 166 Å². The Balaban J connectivity index is 1.31. The number of benzene rings is 1. The molecule has 1 aromatic carbocycles. The zero-order valence-corrected chi connectivity index (χ0v) is 16.6. The summed E-state index contributed by atoms with van der Waals surface area (Å²) < 4.78 is 5.13. The molecule has 1 saturated carbocycles. The van der Waals surface area contributed by atoms with Gasteiger partial charge in [-0.25, -0.2) is 0 Å². The van der Waals surface area contributed by atoms with E-state index in [0.29, 0.717) is 11.8 Å². The SMILES string of the molecule is Cc1nc(C2CCN(CCC(NC(=O)C3CCC3)c3ccccc3)CC2)no1. The van der Waals surface area contributed by atoms with Crippen LogP contribution in [0.2, 0.25) is 0 Å². The monoisotopic (exact) mass is 382 g/mol. The Bertz CT molecular complexity index is 764. The van der Waals surface area contributed by atoms with Crippen LogP contribution in [0.25, 0.3) is 0 Å². The lowest BCUT2D eigenvalue weighted by Crippen LogP contribution is -2.39. The molecule has 2 aliphatic rings. The standard InChI is InChI=1S/C22H30N4O2/c1-16-23-21(25-28-16)18-10-13-26(14-11-18)15-12-20(17-6-3-2-4-7-17)24-22(27)19-8-5-9-19/h2-4,6-7,18-20H,5,8-15H2,1H3,(H,24,27). The smallest absolute Gasteiger partial charge is 0.223 e. The second kappa shape index (κ2) is 8.86. The average Bonchev–Trinajstić information content (AvgIpc) is 3.11. The fourth-order valence-corrected chi connectivity index (χ4v) is 4.17. The predicted molar refractivity (Wildman–Crippen MR) is 107 cm³/mol. The molecule has 1 aliphatic carbocycles. The van der Waals surface area contributed by atoms with Crippen molar-refractivity contribution in [2.75, 3.05) is 19.6 Å². The first-order valence-corrected chi connectivity index (χ1v) is 10.6. The number of aromatic nitrogens is 2. The fourth-order valence-electron chi connectivity index (χ4n) is 4.17. The van der Waals surface area contributed by atoms with Crippen LogP contribution in [0.5, 0.6) is 0 Å². The Morgan fingerprint density at radius 3 is 2.57 bits per heavy atom. The molecule has 1 unspecified atom stereocenters. The van der Waals surface area contributed by atoms with Crippen LogP contribution in [0.3, 0.4) is 0 Å². The summed E-state index contributed by atoms with van der Waals surface area (Å²) in [7, 11) is 0. The highest BCUT2D eigenvalue weighted by Crippen LogP contribution is 2.29. The zero-order chi connectivity index (χ0) is 19.3. The third kappa shape index (κ3) is 4.61. The van der Waals surface area contributed by atoms with Crippen molar-refractivity contribution in [3.05, 3.63) is 47.6 Å². The van der Waals surface area contributed by atoms with Crippen LogP contribution in [-0.2, 0) is 4.79 Å². The van der Waals surface area contributed by atoms with E-state index in [2.05, 4.69) is 44.6 Å². The zero-order valence-electron chi connectivity index (χ0n) is 16.6. The molecular formula is C22H30N4O2. The van der Waals surface area contributed by atoms with Gasteiger partial charge in [0.25, 0.3) is 0 Å². The van der Waals surface area contributed by atoms with Gasteiger partial charge in [-0.15, -0.1) is 0 Å². The minimum atomic E-state index is 0.0897. The molecule has 2 heterocycles. The number of hydrogen-bond donors (Lipinski definition) is 1. The van der Waals surface area contributed by atoms with Gasteiger partial charge >= 0.3 is 0 Å². The van der Waals surface area contributed by atoms with Crippen molar-refractivity contribution in [1.82, 2.24) is 20.4 Å². The molecule has 0 bridgehead atoms. The van der Waals surface area contributed by atoms with Gasteiger partial charge in [-0.3, -0.25) is 4.79 Å². The van der Waals surface area contributed by atoms with Crippen molar-refractivity contribution >= 4 is 5.91 Å². The summed E-state index contributed by atoms with van der Waals surface area (Å²) in [5.74, 6) is 2.35. The number of carbonyl (C=O) groups is 1. The molecule has 1 aromatic heterocycles. The summed E-state index contributed by atoms with van der Waals surface area (Å²) in [6.07, 6.45) is 6.32. The lowest BCUT2D eigenvalue weighted by atomic mass is 9.84. The van der Waals surface area contributed by atoms with Crippen molar-refractivity contribution in [2.24, 2.45) is 5.92 Å². The maximum Gasteiger partial charge on any atom is 0.223 e. The van der Waals surface area contributed by atoms with Crippen molar-refractivity contribution in [3.8, 4) is 0 Å². The van der Waals surface area contributed by atoms with E-state index in [1.54, 1.807) is 0 Å². The number of piperidine rings is 1. The lowest BCUT2D eigenvalue weighted by molar-refractivity contribution is -0.128. The molecule has 0 spiro atoms. The summed E-state index contributed by atoms with van der Waals surface area (Å²) in [6.45, 7) is 4.91. The first-order chi connectivity index (χ1) is 13.7. The van der Waals surface area contributed by atoms with E-state index in [1.165, 1.54) is 12.0 Å². The quantitative estimate of drug-likeness (QED) is 0.792. The largest absolute Gasteiger partial charge is 0.349 e. The molecule has 150 valence electrons. The second-order valence-corrected chi connectivity index (χ2v) is 8.18. The van der Waals surface area contributed by atoms with E-state index in [4.69, 9.17) is 4.52 Å².